The second-order valence-electron chi connectivity index (χ2n) is 11.3. The van der Waals surface area contributed by atoms with Gasteiger partial charge in [-0.2, -0.15) is 0 Å². The Hall–Kier alpha value is -1.63. The Kier molecular flexibility index (Phi) is 7.00. The van der Waals surface area contributed by atoms with Crippen molar-refractivity contribution in [3.8, 4) is 0 Å². The van der Waals surface area contributed by atoms with Gasteiger partial charge in [-0.1, -0.05) is 42.8 Å². The zero-order chi connectivity index (χ0) is 21.9. The van der Waals surface area contributed by atoms with E-state index >= 15 is 0 Å². The Morgan fingerprint density at radius 3 is 2.22 bits per heavy atom. The fourth-order valence-corrected chi connectivity index (χ4v) is 7.62. The zero-order valence-electron chi connectivity index (χ0n) is 19.9. The molecule has 3 fully saturated rings. The van der Waals surface area contributed by atoms with E-state index in [0.29, 0.717) is 5.92 Å². The van der Waals surface area contributed by atoms with E-state index in [0.717, 1.165) is 35.0 Å². The van der Waals surface area contributed by atoms with Crippen molar-refractivity contribution < 1.29 is 4.39 Å². The van der Waals surface area contributed by atoms with Gasteiger partial charge in [-0.15, -0.1) is 0 Å². The third-order valence-electron chi connectivity index (χ3n) is 9.48. The topological polar surface area (TPSA) is 0 Å². The fraction of sp³-hybridized carbons (Fsp3) is 0.613. The van der Waals surface area contributed by atoms with Gasteiger partial charge in [-0.3, -0.25) is 0 Å². The summed E-state index contributed by atoms with van der Waals surface area (Å²) in [6.45, 7) is 2.15. The molecule has 0 N–H and O–H groups in total. The molecule has 3 aliphatic carbocycles. The Balaban J connectivity index is 1.13. The van der Waals surface area contributed by atoms with Gasteiger partial charge in [0.15, 0.2) is 0 Å². The van der Waals surface area contributed by atoms with E-state index in [2.05, 4.69) is 37.3 Å². The van der Waals surface area contributed by atoms with E-state index in [-0.39, 0.29) is 5.82 Å². The summed E-state index contributed by atoms with van der Waals surface area (Å²) in [4.78, 5) is 0. The van der Waals surface area contributed by atoms with Crippen LogP contribution in [0, 0.1) is 35.4 Å². The van der Waals surface area contributed by atoms with Crippen LogP contribution in [0.25, 0.3) is 10.8 Å². The maximum Gasteiger partial charge on any atom is 0.123 e. The van der Waals surface area contributed by atoms with Gasteiger partial charge in [0.2, 0.25) is 0 Å². The summed E-state index contributed by atoms with van der Waals surface area (Å²) in [7, 11) is 0. The molecule has 0 radical (unpaired) electrons. The predicted molar refractivity (Wildman–Crippen MR) is 134 cm³/mol. The lowest BCUT2D eigenvalue weighted by molar-refractivity contribution is 0.0621. The first-order chi connectivity index (χ1) is 15.7. The van der Waals surface area contributed by atoms with Gasteiger partial charge >= 0.3 is 0 Å². The molecule has 4 atom stereocenters. The summed E-state index contributed by atoms with van der Waals surface area (Å²) in [5.41, 5.74) is 1.47. The van der Waals surface area contributed by atoms with E-state index in [4.69, 9.17) is 0 Å². The molecule has 0 bridgehead atoms. The minimum Gasteiger partial charge on any atom is -0.207 e. The summed E-state index contributed by atoms with van der Waals surface area (Å²) < 4.78 is 13.5. The summed E-state index contributed by atoms with van der Waals surface area (Å²) in [6.07, 6.45) is 21.9. The average molecular weight is 433 g/mol. The molecule has 1 heteroatoms. The molecule has 0 aliphatic heterocycles. The molecule has 0 spiro atoms. The highest BCUT2D eigenvalue weighted by Gasteiger charge is 2.38. The first-order valence-corrected chi connectivity index (χ1v) is 13.5. The molecular weight excluding hydrogens is 391 g/mol. The van der Waals surface area contributed by atoms with Crippen molar-refractivity contribution in [1.82, 2.24) is 0 Å². The second-order valence-corrected chi connectivity index (χ2v) is 11.3. The van der Waals surface area contributed by atoms with Crippen LogP contribution in [0.1, 0.15) is 95.5 Å². The van der Waals surface area contributed by atoms with Gasteiger partial charge in [0, 0.05) is 0 Å². The molecule has 172 valence electrons. The lowest BCUT2D eigenvalue weighted by Crippen LogP contribution is -2.34. The zero-order valence-corrected chi connectivity index (χ0v) is 19.9. The molecule has 0 heterocycles. The second kappa shape index (κ2) is 10.1. The van der Waals surface area contributed by atoms with E-state index in [1.807, 2.05) is 6.07 Å². The largest absolute Gasteiger partial charge is 0.207 e. The highest BCUT2D eigenvalue weighted by Crippen LogP contribution is 2.50. The molecule has 0 amide bonds. The number of hydrogen-bond donors (Lipinski definition) is 0. The molecule has 0 saturated heterocycles. The monoisotopic (exact) mass is 432 g/mol. The molecule has 0 nitrogen and oxygen atoms in total. The van der Waals surface area contributed by atoms with Crippen LogP contribution in [0.3, 0.4) is 0 Å². The van der Waals surface area contributed by atoms with Crippen molar-refractivity contribution in [1.29, 1.82) is 0 Å². The number of hydrogen-bond acceptors (Lipinski definition) is 0. The predicted octanol–water partition coefficient (Wildman–Crippen LogP) is 9.44. The van der Waals surface area contributed by atoms with Gasteiger partial charge in [0.25, 0.3) is 0 Å². The summed E-state index contributed by atoms with van der Waals surface area (Å²) in [5.74, 6) is 5.59. The van der Waals surface area contributed by atoms with Crippen molar-refractivity contribution in [2.75, 3.05) is 0 Å². The molecule has 3 aliphatic rings. The standard InChI is InChI=1S/C31H41F/c1-2-3-4-5-22-6-7-28-19-26(13-12-25(28)18-22)23-8-10-24(11-9-23)27-14-15-30-21-31(32)17-16-29(30)20-27/h2-3,14-17,20-26,28H,4-13,18-19H2,1H3/b3-2+. The third kappa shape index (κ3) is 4.97. The number of halogens is 1. The first kappa shape index (κ1) is 22.2. The number of benzene rings is 2. The van der Waals surface area contributed by atoms with Gasteiger partial charge in [-0.25, -0.2) is 4.39 Å². The van der Waals surface area contributed by atoms with Gasteiger partial charge in [0.05, 0.1) is 0 Å². The van der Waals surface area contributed by atoms with Crippen molar-refractivity contribution in [3.63, 3.8) is 0 Å². The van der Waals surface area contributed by atoms with E-state index in [1.165, 1.54) is 88.0 Å². The van der Waals surface area contributed by atoms with Crippen LogP contribution in [-0.2, 0) is 0 Å². The van der Waals surface area contributed by atoms with Crippen LogP contribution in [0.5, 0.6) is 0 Å². The van der Waals surface area contributed by atoms with Gasteiger partial charge in [-0.05, 0) is 142 Å². The molecule has 4 unspecified atom stereocenters. The van der Waals surface area contributed by atoms with Gasteiger partial charge < -0.3 is 0 Å². The quantitative estimate of drug-likeness (QED) is 0.413. The van der Waals surface area contributed by atoms with E-state index in [1.54, 1.807) is 12.1 Å². The van der Waals surface area contributed by atoms with Crippen molar-refractivity contribution in [2.24, 2.45) is 29.6 Å². The van der Waals surface area contributed by atoms with Crippen LogP contribution in [-0.4, -0.2) is 0 Å². The first-order valence-electron chi connectivity index (χ1n) is 13.5. The van der Waals surface area contributed by atoms with E-state index in [9.17, 15) is 4.39 Å². The van der Waals surface area contributed by atoms with Crippen molar-refractivity contribution >= 4 is 10.8 Å². The van der Waals surface area contributed by atoms with Crippen LogP contribution < -0.4 is 0 Å². The molecular formula is C31H41F. The number of rotatable bonds is 5. The van der Waals surface area contributed by atoms with Gasteiger partial charge in [0.1, 0.15) is 5.82 Å². The third-order valence-corrected chi connectivity index (χ3v) is 9.48. The Labute approximate surface area is 194 Å². The maximum absolute atomic E-state index is 13.5. The fourth-order valence-electron chi connectivity index (χ4n) is 7.62. The van der Waals surface area contributed by atoms with Crippen LogP contribution in [0.4, 0.5) is 4.39 Å². The molecule has 5 rings (SSSR count). The molecule has 32 heavy (non-hydrogen) atoms. The SMILES string of the molecule is C/C=C/CCC1CCC2CC(C3CCC(c4ccc5cc(F)ccc5c4)CC3)CCC2C1. The maximum atomic E-state index is 13.5. The van der Waals surface area contributed by atoms with Crippen LogP contribution >= 0.6 is 0 Å². The van der Waals surface area contributed by atoms with Crippen molar-refractivity contribution in [2.45, 2.75) is 89.9 Å². The minimum atomic E-state index is -0.136. The molecule has 2 aromatic carbocycles. The summed E-state index contributed by atoms with van der Waals surface area (Å²) in [6, 6.07) is 11.9. The Bertz CT molecular complexity index is 919. The lowest BCUT2D eigenvalue weighted by Gasteiger charge is -2.45. The average Bonchev–Trinajstić information content (AvgIpc) is 2.83. The number of allylic oxidation sites excluding steroid dienone is 2. The smallest absolute Gasteiger partial charge is 0.123 e. The Morgan fingerprint density at radius 2 is 1.41 bits per heavy atom. The summed E-state index contributed by atoms with van der Waals surface area (Å²) >= 11 is 0. The minimum absolute atomic E-state index is 0.136. The number of fused-ring (bicyclic) bond motifs is 2. The van der Waals surface area contributed by atoms with Crippen LogP contribution in [0.2, 0.25) is 0 Å². The summed E-state index contributed by atoms with van der Waals surface area (Å²) in [5, 5.41) is 2.21. The molecule has 0 aromatic heterocycles. The molecule has 2 aromatic rings. The van der Waals surface area contributed by atoms with Crippen LogP contribution in [0.15, 0.2) is 48.6 Å². The highest BCUT2D eigenvalue weighted by atomic mass is 19.1. The highest BCUT2D eigenvalue weighted by molar-refractivity contribution is 5.83. The lowest BCUT2D eigenvalue weighted by atomic mass is 9.60. The normalized spacial score (nSPS) is 33.4. The van der Waals surface area contributed by atoms with Crippen molar-refractivity contribution in [3.05, 3.63) is 59.9 Å². The van der Waals surface area contributed by atoms with E-state index < -0.39 is 0 Å². The molecule has 3 saturated carbocycles. The Morgan fingerprint density at radius 1 is 0.750 bits per heavy atom.